The van der Waals surface area contributed by atoms with E-state index in [0.29, 0.717) is 5.82 Å². The van der Waals surface area contributed by atoms with Gasteiger partial charge in [-0.05, 0) is 13.8 Å². The van der Waals surface area contributed by atoms with E-state index in [0.717, 1.165) is 0 Å². The molecule has 1 aromatic heterocycles. The smallest absolute Gasteiger partial charge is 0.291 e. The summed E-state index contributed by atoms with van der Waals surface area (Å²) in [4.78, 5) is 15.3. The minimum Gasteiger partial charge on any atom is -0.394 e. The van der Waals surface area contributed by atoms with Crippen LogP contribution in [0, 0.1) is 6.92 Å². The first-order valence-electron chi connectivity index (χ1n) is 4.44. The van der Waals surface area contributed by atoms with Crippen molar-refractivity contribution in [1.82, 2.24) is 20.5 Å². The van der Waals surface area contributed by atoms with Crippen molar-refractivity contribution in [3.8, 4) is 0 Å². The van der Waals surface area contributed by atoms with Crippen LogP contribution in [0.3, 0.4) is 0 Å². The Labute approximate surface area is 86.5 Å². The second-order valence-corrected chi connectivity index (χ2v) is 3.58. The molecule has 0 radical (unpaired) electrons. The van der Waals surface area contributed by atoms with Gasteiger partial charge in [0.05, 0.1) is 18.8 Å². The molecule has 0 saturated carbocycles. The molecule has 1 heterocycles. The fourth-order valence-corrected chi connectivity index (χ4v) is 0.903. The normalized spacial score (nSPS) is 11.5. The van der Waals surface area contributed by atoms with Crippen LogP contribution in [0.15, 0.2) is 0 Å². The van der Waals surface area contributed by atoms with Crippen LogP contribution in [-0.2, 0) is 0 Å². The third-order valence-electron chi connectivity index (χ3n) is 1.91. The van der Waals surface area contributed by atoms with E-state index >= 15 is 0 Å². The molecule has 0 spiro atoms. The van der Waals surface area contributed by atoms with Crippen LogP contribution in [0.25, 0.3) is 0 Å². The summed E-state index contributed by atoms with van der Waals surface area (Å²) < 4.78 is 0. The van der Waals surface area contributed by atoms with E-state index in [1.165, 1.54) is 6.92 Å². The maximum atomic E-state index is 11.5. The highest BCUT2D eigenvalue weighted by Crippen LogP contribution is 2.02. The second kappa shape index (κ2) is 4.37. The van der Waals surface area contributed by atoms with E-state index in [1.54, 1.807) is 6.92 Å². The zero-order chi connectivity index (χ0) is 11.5. The van der Waals surface area contributed by atoms with E-state index in [2.05, 4.69) is 20.5 Å². The number of aryl methyl sites for hydroxylation is 1. The number of H-pyrrole nitrogens is 1. The summed E-state index contributed by atoms with van der Waals surface area (Å²) in [5.41, 5.74) is -1.06. The largest absolute Gasteiger partial charge is 0.394 e. The minimum absolute atomic E-state index is 0.0133. The molecule has 15 heavy (non-hydrogen) atoms. The highest BCUT2D eigenvalue weighted by atomic mass is 16.3. The number of aliphatic hydroxyl groups is 2. The molecule has 0 bridgehead atoms. The maximum Gasteiger partial charge on any atom is 0.291 e. The van der Waals surface area contributed by atoms with Gasteiger partial charge in [0.25, 0.3) is 5.91 Å². The van der Waals surface area contributed by atoms with Crippen LogP contribution in [0.2, 0.25) is 0 Å². The number of hydrogen-bond acceptors (Lipinski definition) is 5. The Bertz CT molecular complexity index is 345. The topological polar surface area (TPSA) is 111 Å². The van der Waals surface area contributed by atoms with Crippen LogP contribution < -0.4 is 5.32 Å². The van der Waals surface area contributed by atoms with Gasteiger partial charge in [-0.3, -0.25) is 9.89 Å². The van der Waals surface area contributed by atoms with Crippen molar-refractivity contribution in [2.45, 2.75) is 19.4 Å². The van der Waals surface area contributed by atoms with Crippen molar-refractivity contribution in [3.05, 3.63) is 11.6 Å². The first-order valence-corrected chi connectivity index (χ1v) is 4.44. The van der Waals surface area contributed by atoms with E-state index in [4.69, 9.17) is 10.2 Å². The summed E-state index contributed by atoms with van der Waals surface area (Å²) >= 11 is 0. The lowest BCUT2D eigenvalue weighted by atomic mass is 10.1. The lowest BCUT2D eigenvalue weighted by Crippen LogP contribution is -2.52. The first kappa shape index (κ1) is 11.6. The number of aliphatic hydroxyl groups excluding tert-OH is 2. The van der Waals surface area contributed by atoms with E-state index < -0.39 is 11.4 Å². The predicted octanol–water partition coefficient (Wildman–Crippen LogP) is -1.41. The molecule has 0 aliphatic heterocycles. The van der Waals surface area contributed by atoms with Crippen molar-refractivity contribution >= 4 is 5.91 Å². The van der Waals surface area contributed by atoms with Gasteiger partial charge in [0, 0.05) is 0 Å². The Morgan fingerprint density at radius 2 is 2.13 bits per heavy atom. The molecule has 4 N–H and O–H groups in total. The Hall–Kier alpha value is -1.47. The van der Waals surface area contributed by atoms with Gasteiger partial charge in [0.1, 0.15) is 5.82 Å². The molecule has 84 valence electrons. The number of carbonyl (C=O) groups is 1. The molecule has 7 heteroatoms. The number of amides is 1. The minimum atomic E-state index is -1.06. The van der Waals surface area contributed by atoms with Crippen molar-refractivity contribution in [2.75, 3.05) is 13.2 Å². The van der Waals surface area contributed by atoms with Gasteiger partial charge in [0.15, 0.2) is 0 Å². The maximum absolute atomic E-state index is 11.5. The van der Waals surface area contributed by atoms with Gasteiger partial charge in [-0.1, -0.05) is 0 Å². The Balaban J connectivity index is 2.71. The molecule has 1 aromatic rings. The number of nitrogens with one attached hydrogen (secondary N) is 2. The predicted molar refractivity (Wildman–Crippen MR) is 51.2 cm³/mol. The molecule has 0 aliphatic carbocycles. The third kappa shape index (κ3) is 2.74. The Morgan fingerprint density at radius 1 is 1.53 bits per heavy atom. The number of hydrogen-bond donors (Lipinski definition) is 4. The molecule has 0 aromatic carbocycles. The Morgan fingerprint density at radius 3 is 2.53 bits per heavy atom. The summed E-state index contributed by atoms with van der Waals surface area (Å²) in [6.07, 6.45) is 0. The molecule has 1 amide bonds. The molecule has 1 rings (SSSR count). The number of aromatic nitrogens is 3. The molecular formula is C8H14N4O3. The van der Waals surface area contributed by atoms with E-state index in [1.807, 2.05) is 0 Å². The summed E-state index contributed by atoms with van der Waals surface area (Å²) in [5, 5.41) is 26.5. The van der Waals surface area contributed by atoms with Gasteiger partial charge in [-0.15, -0.1) is 5.10 Å². The average molecular weight is 214 g/mol. The molecule has 0 fully saturated rings. The summed E-state index contributed by atoms with van der Waals surface area (Å²) in [7, 11) is 0. The summed E-state index contributed by atoms with van der Waals surface area (Å²) in [5.74, 6) is -0.0274. The Kier molecular flexibility index (Phi) is 3.38. The van der Waals surface area contributed by atoms with Crippen LogP contribution in [0.5, 0.6) is 0 Å². The van der Waals surface area contributed by atoms with Crippen molar-refractivity contribution < 1.29 is 15.0 Å². The lowest BCUT2D eigenvalue weighted by Gasteiger charge is -2.25. The standard InChI is InChI=1S/C8H14N4O3/c1-5-9-6(12-11-5)7(15)10-8(2,3-13)4-14/h13-14H,3-4H2,1-2H3,(H,10,15)(H,9,11,12). The third-order valence-corrected chi connectivity index (χ3v) is 1.91. The first-order chi connectivity index (χ1) is 7.00. The van der Waals surface area contributed by atoms with Gasteiger partial charge in [-0.2, -0.15) is 0 Å². The molecular weight excluding hydrogens is 200 g/mol. The quantitative estimate of drug-likeness (QED) is 0.492. The molecule has 0 saturated heterocycles. The van der Waals surface area contributed by atoms with Gasteiger partial charge in [0.2, 0.25) is 5.82 Å². The average Bonchev–Trinajstić information content (AvgIpc) is 2.65. The molecule has 0 aliphatic rings. The zero-order valence-corrected chi connectivity index (χ0v) is 8.61. The summed E-state index contributed by atoms with van der Waals surface area (Å²) in [6, 6.07) is 0. The summed E-state index contributed by atoms with van der Waals surface area (Å²) in [6.45, 7) is 2.46. The highest BCUT2D eigenvalue weighted by molar-refractivity contribution is 5.90. The van der Waals surface area contributed by atoms with E-state index in [9.17, 15) is 4.79 Å². The van der Waals surface area contributed by atoms with Crippen LogP contribution in [0.1, 0.15) is 23.4 Å². The fraction of sp³-hybridized carbons (Fsp3) is 0.625. The number of nitrogens with zero attached hydrogens (tertiary/aromatic N) is 2. The van der Waals surface area contributed by atoms with E-state index in [-0.39, 0.29) is 19.0 Å². The monoisotopic (exact) mass is 214 g/mol. The lowest BCUT2D eigenvalue weighted by molar-refractivity contribution is 0.0715. The van der Waals surface area contributed by atoms with Crippen molar-refractivity contribution in [1.29, 1.82) is 0 Å². The fourth-order valence-electron chi connectivity index (χ4n) is 0.903. The number of aromatic amines is 1. The molecule has 0 atom stereocenters. The van der Waals surface area contributed by atoms with Gasteiger partial charge >= 0.3 is 0 Å². The van der Waals surface area contributed by atoms with Crippen LogP contribution >= 0.6 is 0 Å². The molecule has 0 unspecified atom stereocenters. The zero-order valence-electron chi connectivity index (χ0n) is 8.61. The van der Waals surface area contributed by atoms with Gasteiger partial charge in [-0.25, -0.2) is 4.98 Å². The molecule has 7 nitrogen and oxygen atoms in total. The van der Waals surface area contributed by atoms with Crippen molar-refractivity contribution in [2.24, 2.45) is 0 Å². The van der Waals surface area contributed by atoms with Crippen molar-refractivity contribution in [3.63, 3.8) is 0 Å². The van der Waals surface area contributed by atoms with Crippen LogP contribution in [-0.4, -0.2) is 50.1 Å². The number of rotatable bonds is 4. The van der Waals surface area contributed by atoms with Crippen LogP contribution in [0.4, 0.5) is 0 Å². The highest BCUT2D eigenvalue weighted by Gasteiger charge is 2.26. The number of carbonyl (C=O) groups excluding carboxylic acids is 1. The SMILES string of the molecule is Cc1nc(C(=O)NC(C)(CO)CO)n[nH]1. The second-order valence-electron chi connectivity index (χ2n) is 3.58. The van der Waals surface area contributed by atoms with Gasteiger partial charge < -0.3 is 15.5 Å².